The Hall–Kier alpha value is -2.22. The maximum Gasteiger partial charge on any atom is 0.340 e. The summed E-state index contributed by atoms with van der Waals surface area (Å²) in [4.78, 5) is 10.5. The van der Waals surface area contributed by atoms with Crippen LogP contribution in [-0.4, -0.2) is 21.3 Å². The Morgan fingerprint density at radius 1 is 1.38 bits per heavy atom. The highest BCUT2D eigenvalue weighted by Crippen LogP contribution is 2.30. The molecule has 0 saturated heterocycles. The van der Waals surface area contributed by atoms with Gasteiger partial charge in [0.25, 0.3) is 0 Å². The third-order valence-corrected chi connectivity index (χ3v) is 1.49. The number of aromatic hydroxyl groups is 2. The molecule has 1 aromatic carbocycles. The van der Waals surface area contributed by atoms with Crippen LogP contribution in [0.5, 0.6) is 11.5 Å². The van der Waals surface area contributed by atoms with Crippen molar-refractivity contribution in [2.45, 2.75) is 0 Å². The van der Waals surface area contributed by atoms with Gasteiger partial charge in [0, 0.05) is 0 Å². The van der Waals surface area contributed by atoms with Crippen LogP contribution in [0.1, 0.15) is 15.9 Å². The standard InChI is InChI=1S/C8H5NO4/c9-3-4-1-2-5(10)7(11)6(4)8(12)13/h1-2,10-11H,(H,12,13). The molecule has 5 heteroatoms. The molecule has 0 aliphatic carbocycles. The van der Waals surface area contributed by atoms with E-state index in [4.69, 9.17) is 20.6 Å². The van der Waals surface area contributed by atoms with E-state index < -0.39 is 23.0 Å². The van der Waals surface area contributed by atoms with Crippen LogP contribution in [0.15, 0.2) is 12.1 Å². The van der Waals surface area contributed by atoms with Crippen LogP contribution in [0.3, 0.4) is 0 Å². The van der Waals surface area contributed by atoms with Gasteiger partial charge in [-0.1, -0.05) is 0 Å². The Kier molecular flexibility index (Phi) is 2.07. The lowest BCUT2D eigenvalue weighted by Crippen LogP contribution is -2.00. The highest BCUT2D eigenvalue weighted by molar-refractivity contribution is 5.94. The minimum atomic E-state index is -1.45. The van der Waals surface area contributed by atoms with Crippen LogP contribution in [0.4, 0.5) is 0 Å². The molecule has 0 bridgehead atoms. The van der Waals surface area contributed by atoms with Gasteiger partial charge in [-0.2, -0.15) is 5.26 Å². The van der Waals surface area contributed by atoms with E-state index in [1.54, 1.807) is 6.07 Å². The Morgan fingerprint density at radius 3 is 2.46 bits per heavy atom. The van der Waals surface area contributed by atoms with Gasteiger partial charge in [-0.05, 0) is 12.1 Å². The molecule has 0 unspecified atom stereocenters. The first-order valence-electron chi connectivity index (χ1n) is 3.26. The van der Waals surface area contributed by atoms with E-state index in [9.17, 15) is 4.79 Å². The van der Waals surface area contributed by atoms with E-state index in [0.29, 0.717) is 0 Å². The van der Waals surface area contributed by atoms with Gasteiger partial charge in [-0.3, -0.25) is 0 Å². The molecule has 13 heavy (non-hydrogen) atoms. The molecule has 5 nitrogen and oxygen atoms in total. The molecule has 0 amide bonds. The van der Waals surface area contributed by atoms with Crippen molar-refractivity contribution in [1.29, 1.82) is 5.26 Å². The monoisotopic (exact) mass is 179 g/mol. The van der Waals surface area contributed by atoms with E-state index in [0.717, 1.165) is 12.1 Å². The van der Waals surface area contributed by atoms with Crippen LogP contribution in [-0.2, 0) is 0 Å². The number of nitriles is 1. The molecule has 0 atom stereocenters. The van der Waals surface area contributed by atoms with Crippen molar-refractivity contribution in [3.05, 3.63) is 23.3 Å². The van der Waals surface area contributed by atoms with E-state index >= 15 is 0 Å². The topological polar surface area (TPSA) is 102 Å². The largest absolute Gasteiger partial charge is 0.504 e. The van der Waals surface area contributed by atoms with Crippen molar-refractivity contribution in [1.82, 2.24) is 0 Å². The first-order chi connectivity index (χ1) is 6.07. The third kappa shape index (κ3) is 1.37. The van der Waals surface area contributed by atoms with Crippen molar-refractivity contribution in [2.75, 3.05) is 0 Å². The SMILES string of the molecule is N#Cc1ccc(O)c(O)c1C(=O)O. The predicted molar refractivity (Wildman–Crippen MR) is 41.4 cm³/mol. The Labute approximate surface area is 73.1 Å². The highest BCUT2D eigenvalue weighted by Gasteiger charge is 2.18. The number of phenols is 2. The Bertz CT molecular complexity index is 405. The zero-order chi connectivity index (χ0) is 10.0. The van der Waals surface area contributed by atoms with E-state index in [-0.39, 0.29) is 5.56 Å². The summed E-state index contributed by atoms with van der Waals surface area (Å²) in [6, 6.07) is 3.77. The van der Waals surface area contributed by atoms with Crippen LogP contribution in [0, 0.1) is 11.3 Å². The van der Waals surface area contributed by atoms with E-state index in [2.05, 4.69) is 0 Å². The number of benzene rings is 1. The lowest BCUT2D eigenvalue weighted by molar-refractivity contribution is 0.0692. The van der Waals surface area contributed by atoms with Gasteiger partial charge in [-0.25, -0.2) is 4.79 Å². The predicted octanol–water partition coefficient (Wildman–Crippen LogP) is 0.668. The van der Waals surface area contributed by atoms with Crippen molar-refractivity contribution < 1.29 is 20.1 Å². The number of phenolic OH excluding ortho intramolecular Hbond substituents is 1. The van der Waals surface area contributed by atoms with Crippen molar-refractivity contribution in [2.24, 2.45) is 0 Å². The number of hydrogen-bond donors (Lipinski definition) is 3. The number of carboxylic acids is 1. The second-order valence-corrected chi connectivity index (χ2v) is 2.27. The summed E-state index contributed by atoms with van der Waals surface area (Å²) in [5.41, 5.74) is -0.773. The molecule has 0 radical (unpaired) electrons. The molecular weight excluding hydrogens is 174 g/mol. The first kappa shape index (κ1) is 8.87. The summed E-state index contributed by atoms with van der Waals surface area (Å²) >= 11 is 0. The average molecular weight is 179 g/mol. The number of carboxylic acid groups (broad SMARTS) is 1. The lowest BCUT2D eigenvalue weighted by Gasteiger charge is -2.02. The second kappa shape index (κ2) is 3.03. The van der Waals surface area contributed by atoms with Gasteiger partial charge >= 0.3 is 5.97 Å². The number of nitrogens with zero attached hydrogens (tertiary/aromatic N) is 1. The summed E-state index contributed by atoms with van der Waals surface area (Å²) in [5, 5.41) is 35.1. The summed E-state index contributed by atoms with van der Waals surface area (Å²) in [7, 11) is 0. The molecular formula is C8H5NO4. The molecule has 0 heterocycles. The number of carbonyl (C=O) groups is 1. The first-order valence-corrected chi connectivity index (χ1v) is 3.26. The van der Waals surface area contributed by atoms with Gasteiger partial charge in [0.2, 0.25) is 0 Å². The molecule has 1 rings (SSSR count). The fourth-order valence-corrected chi connectivity index (χ4v) is 0.890. The maximum atomic E-state index is 10.5. The zero-order valence-electron chi connectivity index (χ0n) is 6.35. The van der Waals surface area contributed by atoms with Gasteiger partial charge in [-0.15, -0.1) is 0 Å². The van der Waals surface area contributed by atoms with E-state index in [1.165, 1.54) is 0 Å². The van der Waals surface area contributed by atoms with Crippen LogP contribution in [0.2, 0.25) is 0 Å². The molecule has 0 aliphatic heterocycles. The van der Waals surface area contributed by atoms with Crippen molar-refractivity contribution in [3.8, 4) is 17.6 Å². The summed E-state index contributed by atoms with van der Waals surface area (Å²) in [5.74, 6) is -2.80. The maximum absolute atomic E-state index is 10.5. The normalized spacial score (nSPS) is 9.15. The molecule has 0 aromatic heterocycles. The molecule has 0 saturated carbocycles. The fraction of sp³-hybridized carbons (Fsp3) is 0. The lowest BCUT2D eigenvalue weighted by atomic mass is 10.1. The Balaban J connectivity index is 3.53. The zero-order valence-corrected chi connectivity index (χ0v) is 6.35. The van der Waals surface area contributed by atoms with Crippen molar-refractivity contribution >= 4 is 5.97 Å². The van der Waals surface area contributed by atoms with Gasteiger partial charge in [0.05, 0.1) is 5.56 Å². The minimum Gasteiger partial charge on any atom is -0.504 e. The number of rotatable bonds is 1. The molecule has 0 aliphatic rings. The van der Waals surface area contributed by atoms with Crippen LogP contribution >= 0.6 is 0 Å². The second-order valence-electron chi connectivity index (χ2n) is 2.27. The summed E-state index contributed by atoms with van der Waals surface area (Å²) in [6.45, 7) is 0. The third-order valence-electron chi connectivity index (χ3n) is 1.49. The van der Waals surface area contributed by atoms with Gasteiger partial charge in [0.15, 0.2) is 11.5 Å². The smallest absolute Gasteiger partial charge is 0.340 e. The molecule has 0 fully saturated rings. The summed E-state index contributed by atoms with van der Waals surface area (Å²) < 4.78 is 0. The molecule has 3 N–H and O–H groups in total. The quantitative estimate of drug-likeness (QED) is 0.550. The average Bonchev–Trinajstić information content (AvgIpc) is 2.08. The van der Waals surface area contributed by atoms with Crippen LogP contribution in [0.25, 0.3) is 0 Å². The molecule has 1 aromatic rings. The fourth-order valence-electron chi connectivity index (χ4n) is 0.890. The summed E-state index contributed by atoms with van der Waals surface area (Å²) in [6.07, 6.45) is 0. The Morgan fingerprint density at radius 2 is 2.00 bits per heavy atom. The number of hydrogen-bond acceptors (Lipinski definition) is 4. The highest BCUT2D eigenvalue weighted by atomic mass is 16.4. The minimum absolute atomic E-state index is 0.192. The van der Waals surface area contributed by atoms with Crippen LogP contribution < -0.4 is 0 Å². The number of aromatic carboxylic acids is 1. The molecule has 66 valence electrons. The van der Waals surface area contributed by atoms with Gasteiger partial charge < -0.3 is 15.3 Å². The molecule has 0 spiro atoms. The van der Waals surface area contributed by atoms with Gasteiger partial charge in [0.1, 0.15) is 11.6 Å². The van der Waals surface area contributed by atoms with E-state index in [1.807, 2.05) is 0 Å². The van der Waals surface area contributed by atoms with Crippen molar-refractivity contribution in [3.63, 3.8) is 0 Å².